The van der Waals surface area contributed by atoms with Gasteiger partial charge in [-0.1, -0.05) is 12.1 Å². The fourth-order valence-electron chi connectivity index (χ4n) is 5.03. The third-order valence-corrected chi connectivity index (χ3v) is 6.88. The number of aromatic nitrogens is 4. The van der Waals surface area contributed by atoms with Crippen LogP contribution in [0.25, 0.3) is 28.3 Å². The van der Waals surface area contributed by atoms with Crippen molar-refractivity contribution in [1.29, 1.82) is 5.26 Å². The number of β-amino-alcohol motifs (C(OH)–C–C–N with tert-alkyl or cyclic N) is 1. The van der Waals surface area contributed by atoms with Crippen LogP contribution in [0.4, 0.5) is 5.82 Å². The number of fused-ring (bicyclic) bond motifs is 5. The van der Waals surface area contributed by atoms with Crippen molar-refractivity contribution in [3.63, 3.8) is 0 Å². The van der Waals surface area contributed by atoms with E-state index in [9.17, 15) is 5.11 Å². The smallest absolute Gasteiger partial charge is 0.161 e. The number of imidazole rings is 1. The summed E-state index contributed by atoms with van der Waals surface area (Å²) in [6.07, 6.45) is 5.51. The largest absolute Gasteiger partial charge is 0.390 e. The van der Waals surface area contributed by atoms with Gasteiger partial charge in [0, 0.05) is 37.2 Å². The summed E-state index contributed by atoms with van der Waals surface area (Å²) in [4.78, 5) is 13.9. The van der Waals surface area contributed by atoms with Crippen LogP contribution in [0.1, 0.15) is 11.3 Å². The van der Waals surface area contributed by atoms with Gasteiger partial charge in [-0.25, -0.2) is 9.97 Å². The highest BCUT2D eigenvalue weighted by atomic mass is 16.3. The van der Waals surface area contributed by atoms with Crippen molar-refractivity contribution >= 4 is 5.82 Å². The number of hydrogen-bond donors (Lipinski definition) is 1. The van der Waals surface area contributed by atoms with Crippen molar-refractivity contribution in [2.45, 2.75) is 18.7 Å². The lowest BCUT2D eigenvalue weighted by Crippen LogP contribution is -2.38. The molecule has 8 heteroatoms. The maximum atomic E-state index is 10.5. The van der Waals surface area contributed by atoms with Crippen LogP contribution >= 0.6 is 0 Å². The summed E-state index contributed by atoms with van der Waals surface area (Å²) in [7, 11) is 4.00. The molecule has 0 radical (unpaired) electrons. The summed E-state index contributed by atoms with van der Waals surface area (Å²) < 4.78 is 4.28. The zero-order chi connectivity index (χ0) is 23.4. The molecular formula is C26H25N7O. The molecule has 4 aromatic rings. The number of nitrogens with zero attached hydrogens (tertiary/aromatic N) is 7. The van der Waals surface area contributed by atoms with Crippen LogP contribution in [0.2, 0.25) is 0 Å². The maximum Gasteiger partial charge on any atom is 0.161 e. The molecule has 2 atom stereocenters. The molecule has 0 bridgehead atoms. The molecule has 1 N–H and O–H groups in total. The summed E-state index contributed by atoms with van der Waals surface area (Å²) >= 11 is 0. The van der Waals surface area contributed by atoms with Gasteiger partial charge in [0.15, 0.2) is 5.82 Å². The Bertz CT molecular complexity index is 1410. The number of likely N-dealkylation sites (N-methyl/N-ethyl adjacent to an activating group) is 1. The molecule has 34 heavy (non-hydrogen) atoms. The molecule has 0 aliphatic carbocycles. The summed E-state index contributed by atoms with van der Waals surface area (Å²) in [5.41, 5.74) is 5.78. The van der Waals surface area contributed by atoms with Gasteiger partial charge in [-0.2, -0.15) is 5.26 Å². The third-order valence-electron chi connectivity index (χ3n) is 6.88. The molecule has 1 aromatic carbocycles. The molecule has 5 heterocycles. The molecule has 1 fully saturated rings. The molecule has 3 aromatic heterocycles. The average molecular weight is 452 g/mol. The Morgan fingerprint density at radius 2 is 1.91 bits per heavy atom. The van der Waals surface area contributed by atoms with E-state index in [1.54, 1.807) is 0 Å². The summed E-state index contributed by atoms with van der Waals surface area (Å²) in [6, 6.07) is 16.2. The molecule has 0 spiro atoms. The molecule has 6 rings (SSSR count). The predicted molar refractivity (Wildman–Crippen MR) is 130 cm³/mol. The second kappa shape index (κ2) is 7.83. The van der Waals surface area contributed by atoms with Crippen LogP contribution in [0, 0.1) is 11.3 Å². The fraction of sp³-hybridized carbons (Fsp3) is 0.269. The van der Waals surface area contributed by atoms with Gasteiger partial charge in [0.1, 0.15) is 5.82 Å². The Kier molecular flexibility index (Phi) is 4.76. The Morgan fingerprint density at radius 3 is 2.65 bits per heavy atom. The van der Waals surface area contributed by atoms with E-state index in [-0.39, 0.29) is 6.04 Å². The van der Waals surface area contributed by atoms with Crippen LogP contribution in [0.15, 0.2) is 61.1 Å². The third kappa shape index (κ3) is 3.29. The number of anilines is 1. The van der Waals surface area contributed by atoms with E-state index in [1.165, 1.54) is 0 Å². The van der Waals surface area contributed by atoms with E-state index < -0.39 is 6.10 Å². The first-order valence-corrected chi connectivity index (χ1v) is 11.4. The van der Waals surface area contributed by atoms with Crippen molar-refractivity contribution in [3.05, 3.63) is 72.3 Å². The van der Waals surface area contributed by atoms with E-state index in [0.29, 0.717) is 18.7 Å². The van der Waals surface area contributed by atoms with Gasteiger partial charge in [0.25, 0.3) is 0 Å². The van der Waals surface area contributed by atoms with Gasteiger partial charge in [-0.05, 0) is 50.0 Å². The normalized spacial score (nSPS) is 18.9. The van der Waals surface area contributed by atoms with E-state index in [4.69, 9.17) is 10.2 Å². The molecule has 2 aliphatic rings. The predicted octanol–water partition coefficient (Wildman–Crippen LogP) is 2.75. The average Bonchev–Trinajstić information content (AvgIpc) is 3.56. The number of aliphatic hydroxyl groups excluding tert-OH is 1. The highest BCUT2D eigenvalue weighted by Crippen LogP contribution is 2.34. The van der Waals surface area contributed by atoms with Crippen LogP contribution < -0.4 is 4.90 Å². The van der Waals surface area contributed by atoms with Gasteiger partial charge in [0.05, 0.1) is 47.4 Å². The number of pyridine rings is 1. The second-order valence-electron chi connectivity index (χ2n) is 9.19. The Morgan fingerprint density at radius 1 is 1.09 bits per heavy atom. The lowest BCUT2D eigenvalue weighted by Gasteiger charge is -2.22. The van der Waals surface area contributed by atoms with Crippen molar-refractivity contribution in [3.8, 4) is 34.4 Å². The summed E-state index contributed by atoms with van der Waals surface area (Å²) in [5, 5.41) is 19.6. The van der Waals surface area contributed by atoms with Crippen molar-refractivity contribution in [2.75, 3.05) is 32.1 Å². The molecule has 2 aliphatic heterocycles. The molecule has 0 amide bonds. The van der Waals surface area contributed by atoms with Gasteiger partial charge in [-0.3, -0.25) is 4.57 Å². The number of rotatable bonds is 3. The van der Waals surface area contributed by atoms with Crippen molar-refractivity contribution in [1.82, 2.24) is 24.0 Å². The molecule has 170 valence electrons. The molecular weight excluding hydrogens is 426 g/mol. The highest BCUT2D eigenvalue weighted by Gasteiger charge is 2.34. The van der Waals surface area contributed by atoms with Crippen LogP contribution in [0.5, 0.6) is 0 Å². The number of aliphatic hydroxyl groups is 1. The monoisotopic (exact) mass is 451 g/mol. The Hall–Kier alpha value is -3.93. The quantitative estimate of drug-likeness (QED) is 0.454. The Labute approximate surface area is 197 Å². The summed E-state index contributed by atoms with van der Waals surface area (Å²) in [6.45, 7) is 1.93. The van der Waals surface area contributed by atoms with Crippen molar-refractivity contribution < 1.29 is 5.11 Å². The van der Waals surface area contributed by atoms with Crippen LogP contribution in [-0.2, 0) is 6.54 Å². The number of nitriles is 1. The molecule has 1 saturated heterocycles. The standard InChI is InChI=1S/C26H25N7O/c1-30(2)23-15-32(16-24(23)34)25-8-7-21-20(29-25)14-31-13-19(18-5-3-17(12-27)4-6-18)11-22(31)26-28-9-10-33(21)26/h3-11,13,23-24,34H,14-16H2,1-2H3/t23-,24+/m0/s1. The molecule has 0 unspecified atom stereocenters. The minimum Gasteiger partial charge on any atom is -0.390 e. The van der Waals surface area contributed by atoms with E-state index in [1.807, 2.05) is 56.8 Å². The van der Waals surface area contributed by atoms with E-state index in [0.717, 1.165) is 46.4 Å². The van der Waals surface area contributed by atoms with Crippen LogP contribution in [0.3, 0.4) is 0 Å². The molecule has 8 nitrogen and oxygen atoms in total. The summed E-state index contributed by atoms with van der Waals surface area (Å²) in [5.74, 6) is 1.75. The van der Waals surface area contributed by atoms with E-state index >= 15 is 0 Å². The van der Waals surface area contributed by atoms with Crippen molar-refractivity contribution in [2.24, 2.45) is 0 Å². The topological polar surface area (TPSA) is 86.1 Å². The number of hydrogen-bond acceptors (Lipinski definition) is 6. The van der Waals surface area contributed by atoms with Gasteiger partial charge in [-0.15, -0.1) is 0 Å². The minimum atomic E-state index is -0.401. The van der Waals surface area contributed by atoms with Gasteiger partial charge >= 0.3 is 0 Å². The van der Waals surface area contributed by atoms with E-state index in [2.05, 4.69) is 48.3 Å². The second-order valence-corrected chi connectivity index (χ2v) is 9.19. The first-order chi connectivity index (χ1) is 16.5. The lowest BCUT2D eigenvalue weighted by molar-refractivity contribution is 0.114. The van der Waals surface area contributed by atoms with Gasteiger partial charge in [0.2, 0.25) is 0 Å². The fourth-order valence-corrected chi connectivity index (χ4v) is 5.03. The zero-order valence-electron chi connectivity index (χ0n) is 19.1. The first-order valence-electron chi connectivity index (χ1n) is 11.4. The zero-order valence-corrected chi connectivity index (χ0v) is 19.1. The number of benzene rings is 1. The first kappa shape index (κ1) is 20.7. The minimum absolute atomic E-state index is 0.0897. The van der Waals surface area contributed by atoms with Gasteiger partial charge < -0.3 is 19.5 Å². The Balaban J connectivity index is 1.40. The SMILES string of the molecule is CN(C)[C@H]1CN(c2ccc3c(n2)Cn2cc(-c4ccc(C#N)cc4)cc2-c2nccn2-3)C[C@H]1O. The maximum absolute atomic E-state index is 10.5. The van der Waals surface area contributed by atoms with Crippen LogP contribution in [-0.4, -0.2) is 68.4 Å². The lowest BCUT2D eigenvalue weighted by atomic mass is 10.1. The molecule has 0 saturated carbocycles. The highest BCUT2D eigenvalue weighted by molar-refractivity contribution is 5.72.